The Hall–Kier alpha value is -1.59. The number of aryl methyl sites for hydroxylation is 1. The third-order valence-electron chi connectivity index (χ3n) is 2.84. The number of nitrogens with zero attached hydrogens (tertiary/aromatic N) is 3. The van der Waals surface area contributed by atoms with Crippen LogP contribution in [0, 0.1) is 0 Å². The normalized spacial score (nSPS) is 12.2. The minimum Gasteiger partial charge on any atom is -0.349 e. The molecule has 106 valence electrons. The summed E-state index contributed by atoms with van der Waals surface area (Å²) in [5.74, 6) is -0.0704. The summed E-state index contributed by atoms with van der Waals surface area (Å²) < 4.78 is 1.61. The van der Waals surface area contributed by atoms with Gasteiger partial charge in [0.15, 0.2) is 0 Å². The first-order valence-electron chi connectivity index (χ1n) is 6.13. The van der Waals surface area contributed by atoms with Gasteiger partial charge in [0.1, 0.15) is 12.7 Å². The van der Waals surface area contributed by atoms with Gasteiger partial charge < -0.3 is 5.32 Å². The highest BCUT2D eigenvalue weighted by atomic mass is 35.5. The summed E-state index contributed by atoms with van der Waals surface area (Å²) in [4.78, 5) is 15.7. The Morgan fingerprint density at radius 1 is 1.45 bits per heavy atom. The number of aromatic nitrogens is 3. The molecule has 20 heavy (non-hydrogen) atoms. The molecule has 0 bridgehead atoms. The van der Waals surface area contributed by atoms with Crippen LogP contribution in [0.3, 0.4) is 0 Å². The number of rotatable bonds is 5. The minimum absolute atomic E-state index is 0.0704. The van der Waals surface area contributed by atoms with E-state index in [0.717, 1.165) is 5.56 Å². The molecule has 0 fully saturated rings. The van der Waals surface area contributed by atoms with Crippen LogP contribution in [0.2, 0.25) is 10.0 Å². The minimum atomic E-state index is -0.178. The van der Waals surface area contributed by atoms with E-state index in [1.807, 2.05) is 13.0 Å². The van der Waals surface area contributed by atoms with E-state index in [-0.39, 0.29) is 11.9 Å². The van der Waals surface area contributed by atoms with Gasteiger partial charge in [-0.1, -0.05) is 29.3 Å². The van der Waals surface area contributed by atoms with E-state index in [1.54, 1.807) is 23.1 Å². The van der Waals surface area contributed by atoms with Crippen molar-refractivity contribution in [3.05, 3.63) is 46.5 Å². The topological polar surface area (TPSA) is 59.8 Å². The Morgan fingerprint density at radius 2 is 2.25 bits per heavy atom. The number of carbonyl (C=O) groups is 1. The van der Waals surface area contributed by atoms with E-state index in [4.69, 9.17) is 23.2 Å². The number of halogens is 2. The summed E-state index contributed by atoms with van der Waals surface area (Å²) in [6.07, 6.45) is 3.35. The molecule has 1 atom stereocenters. The van der Waals surface area contributed by atoms with Crippen LogP contribution in [0.4, 0.5) is 0 Å². The molecular weight excluding hydrogens is 299 g/mol. The Labute approximate surface area is 126 Å². The fraction of sp³-hybridized carbons (Fsp3) is 0.308. The van der Waals surface area contributed by atoms with Crippen molar-refractivity contribution in [2.75, 3.05) is 0 Å². The highest BCUT2D eigenvalue weighted by Gasteiger charge is 2.13. The van der Waals surface area contributed by atoms with Gasteiger partial charge in [0, 0.05) is 16.5 Å². The van der Waals surface area contributed by atoms with Crippen LogP contribution in [0.25, 0.3) is 0 Å². The Morgan fingerprint density at radius 3 is 2.90 bits per heavy atom. The standard InChI is InChI=1S/C13H14Cl2N4O/c1-9(11-3-2-10(14)6-12(11)15)18-13(20)4-5-19-8-16-7-17-19/h2-3,6-9H,4-5H2,1H3,(H,18,20)/t9-/m1/s1. The van der Waals surface area contributed by atoms with E-state index in [9.17, 15) is 4.79 Å². The fourth-order valence-electron chi connectivity index (χ4n) is 1.81. The lowest BCUT2D eigenvalue weighted by Gasteiger charge is -2.16. The molecule has 0 saturated carbocycles. The van der Waals surface area contributed by atoms with Gasteiger partial charge in [-0.3, -0.25) is 9.48 Å². The molecule has 2 aromatic rings. The van der Waals surface area contributed by atoms with Crippen LogP contribution in [0.5, 0.6) is 0 Å². The van der Waals surface area contributed by atoms with E-state index < -0.39 is 0 Å². The molecule has 1 aromatic carbocycles. The SMILES string of the molecule is C[C@@H](NC(=O)CCn1cncn1)c1ccc(Cl)cc1Cl. The molecule has 5 nitrogen and oxygen atoms in total. The van der Waals surface area contributed by atoms with Crippen LogP contribution in [-0.4, -0.2) is 20.7 Å². The molecule has 0 saturated heterocycles. The van der Waals surface area contributed by atoms with Gasteiger partial charge in [-0.2, -0.15) is 5.10 Å². The van der Waals surface area contributed by atoms with Gasteiger partial charge in [-0.05, 0) is 24.6 Å². The van der Waals surface area contributed by atoms with Gasteiger partial charge in [0.2, 0.25) is 5.91 Å². The average Bonchev–Trinajstić information content (AvgIpc) is 2.89. The molecule has 7 heteroatoms. The maximum Gasteiger partial charge on any atom is 0.222 e. The predicted octanol–water partition coefficient (Wildman–Crippen LogP) is 2.85. The Kier molecular flexibility index (Phi) is 4.98. The molecule has 0 aliphatic rings. The first-order valence-corrected chi connectivity index (χ1v) is 6.88. The summed E-state index contributed by atoms with van der Waals surface area (Å²) in [5, 5.41) is 7.95. The second kappa shape index (κ2) is 6.72. The zero-order valence-corrected chi connectivity index (χ0v) is 12.4. The number of nitrogens with one attached hydrogen (secondary N) is 1. The van der Waals surface area contributed by atoms with Crippen LogP contribution in [0.15, 0.2) is 30.9 Å². The third-order valence-corrected chi connectivity index (χ3v) is 3.40. The smallest absolute Gasteiger partial charge is 0.222 e. The van der Waals surface area contributed by atoms with Gasteiger partial charge in [0.25, 0.3) is 0 Å². The van der Waals surface area contributed by atoms with Crippen LogP contribution >= 0.6 is 23.2 Å². The first-order chi connectivity index (χ1) is 9.56. The molecule has 0 radical (unpaired) electrons. The molecule has 0 unspecified atom stereocenters. The number of carbonyl (C=O) groups excluding carboxylic acids is 1. The third kappa shape index (κ3) is 3.95. The van der Waals surface area contributed by atoms with Crippen LogP contribution in [-0.2, 0) is 11.3 Å². The number of hydrogen-bond acceptors (Lipinski definition) is 3. The Bertz CT molecular complexity index is 586. The van der Waals surface area contributed by atoms with E-state index >= 15 is 0 Å². The van der Waals surface area contributed by atoms with Crippen molar-refractivity contribution in [3.8, 4) is 0 Å². The summed E-state index contributed by atoms with van der Waals surface area (Å²) in [6, 6.07) is 5.05. The van der Waals surface area contributed by atoms with Crippen molar-refractivity contribution in [1.82, 2.24) is 20.1 Å². The second-order valence-corrected chi connectivity index (χ2v) is 5.21. The number of amides is 1. The van der Waals surface area contributed by atoms with Crippen molar-refractivity contribution in [3.63, 3.8) is 0 Å². The van der Waals surface area contributed by atoms with Crippen LogP contribution < -0.4 is 5.32 Å². The molecule has 0 spiro atoms. The molecular formula is C13H14Cl2N4O. The number of benzene rings is 1. The van der Waals surface area contributed by atoms with Gasteiger partial charge in [0.05, 0.1) is 12.6 Å². The van der Waals surface area contributed by atoms with Crippen LogP contribution in [0.1, 0.15) is 24.9 Å². The molecule has 0 aliphatic carbocycles. The first kappa shape index (κ1) is 14.8. The van der Waals surface area contributed by atoms with Crippen molar-refractivity contribution in [2.45, 2.75) is 25.9 Å². The summed E-state index contributed by atoms with van der Waals surface area (Å²) in [6.45, 7) is 2.37. The summed E-state index contributed by atoms with van der Waals surface area (Å²) in [5.41, 5.74) is 0.838. The monoisotopic (exact) mass is 312 g/mol. The molecule has 1 heterocycles. The highest BCUT2D eigenvalue weighted by molar-refractivity contribution is 6.35. The molecule has 1 amide bonds. The molecule has 0 aliphatic heterocycles. The quantitative estimate of drug-likeness (QED) is 0.923. The maximum atomic E-state index is 11.9. The lowest BCUT2D eigenvalue weighted by atomic mass is 10.1. The van der Waals surface area contributed by atoms with E-state index in [0.29, 0.717) is 23.0 Å². The van der Waals surface area contributed by atoms with Crippen molar-refractivity contribution in [1.29, 1.82) is 0 Å². The summed E-state index contributed by atoms with van der Waals surface area (Å²) >= 11 is 12.0. The molecule has 1 N–H and O–H groups in total. The molecule has 2 rings (SSSR count). The predicted molar refractivity (Wildman–Crippen MR) is 77.7 cm³/mol. The number of hydrogen-bond donors (Lipinski definition) is 1. The maximum absolute atomic E-state index is 11.9. The Balaban J connectivity index is 1.90. The van der Waals surface area contributed by atoms with E-state index in [2.05, 4.69) is 15.4 Å². The zero-order valence-electron chi connectivity index (χ0n) is 10.9. The van der Waals surface area contributed by atoms with Gasteiger partial charge in [-0.25, -0.2) is 4.98 Å². The summed E-state index contributed by atoms with van der Waals surface area (Å²) in [7, 11) is 0. The van der Waals surface area contributed by atoms with E-state index in [1.165, 1.54) is 6.33 Å². The molecule has 1 aromatic heterocycles. The van der Waals surface area contributed by atoms with Gasteiger partial charge in [-0.15, -0.1) is 0 Å². The van der Waals surface area contributed by atoms with Crippen molar-refractivity contribution >= 4 is 29.1 Å². The lowest BCUT2D eigenvalue weighted by molar-refractivity contribution is -0.122. The van der Waals surface area contributed by atoms with Crippen molar-refractivity contribution < 1.29 is 4.79 Å². The zero-order chi connectivity index (χ0) is 14.5. The second-order valence-electron chi connectivity index (χ2n) is 4.36. The lowest BCUT2D eigenvalue weighted by Crippen LogP contribution is -2.27. The average molecular weight is 313 g/mol. The largest absolute Gasteiger partial charge is 0.349 e. The van der Waals surface area contributed by atoms with Gasteiger partial charge >= 0.3 is 0 Å². The fourth-order valence-corrected chi connectivity index (χ4v) is 2.38. The highest BCUT2D eigenvalue weighted by Crippen LogP contribution is 2.26. The van der Waals surface area contributed by atoms with Crippen molar-refractivity contribution in [2.24, 2.45) is 0 Å².